The van der Waals surface area contributed by atoms with Gasteiger partial charge in [-0.2, -0.15) is 0 Å². The number of hydrogen-bond acceptors (Lipinski definition) is 4. The molecule has 5 nitrogen and oxygen atoms in total. The van der Waals surface area contributed by atoms with E-state index in [1.165, 1.54) is 6.21 Å². The molecule has 0 aromatic heterocycles. The molecule has 3 rings (SSSR count). The number of rotatable bonds is 6. The number of carbonyl (C=O) groups is 1. The van der Waals surface area contributed by atoms with Gasteiger partial charge in [0.25, 0.3) is 0 Å². The normalized spacial score (nSPS) is 19.6. The van der Waals surface area contributed by atoms with Crippen LogP contribution < -0.4 is 5.73 Å². The predicted molar refractivity (Wildman–Crippen MR) is 119 cm³/mol. The van der Waals surface area contributed by atoms with Crippen molar-refractivity contribution >= 4 is 23.9 Å². The van der Waals surface area contributed by atoms with Gasteiger partial charge in [0.15, 0.2) is 0 Å². The van der Waals surface area contributed by atoms with Crippen molar-refractivity contribution < 1.29 is 14.3 Å². The van der Waals surface area contributed by atoms with Crippen LogP contribution in [0.1, 0.15) is 54.6 Å². The maximum Gasteiger partial charge on any atom is 0.328 e. The van der Waals surface area contributed by atoms with Crippen molar-refractivity contribution in [3.63, 3.8) is 0 Å². The number of nitrogen functional groups attached to an aromatic ring is 1. The molecule has 0 saturated heterocycles. The van der Waals surface area contributed by atoms with E-state index in [9.17, 15) is 9.18 Å². The Hall–Kier alpha value is -2.99. The van der Waals surface area contributed by atoms with Crippen LogP contribution in [0.3, 0.4) is 0 Å². The summed E-state index contributed by atoms with van der Waals surface area (Å²) in [6.45, 7) is 5.50. The van der Waals surface area contributed by atoms with Crippen molar-refractivity contribution in [2.24, 2.45) is 0 Å². The first-order valence-corrected chi connectivity index (χ1v) is 9.98. The standard InChI is InChI=1S/C24H28FN3O2/c1-15-12-19-18(9-10-21(27)20(19)13-26)23(28(15)14-24(2,3)25)17-7-4-16(5-8-17)6-11-22(29)30/h4-11,13,15,23,26H,12,14,27H2,1-3H3,(H,29,30)/b11-6+,26-13?. The number of alkyl halides is 1. The first-order chi connectivity index (χ1) is 14.1. The van der Waals surface area contributed by atoms with Crippen LogP contribution in [-0.4, -0.2) is 40.4 Å². The van der Waals surface area contributed by atoms with Gasteiger partial charge in [-0.3, -0.25) is 4.90 Å². The monoisotopic (exact) mass is 409 g/mol. The summed E-state index contributed by atoms with van der Waals surface area (Å²) in [6, 6.07) is 11.3. The number of benzene rings is 2. The summed E-state index contributed by atoms with van der Waals surface area (Å²) >= 11 is 0. The third-order valence-corrected chi connectivity index (χ3v) is 5.49. The Labute approximate surface area is 176 Å². The van der Waals surface area contributed by atoms with Crippen molar-refractivity contribution in [3.05, 3.63) is 70.3 Å². The number of carboxylic acid groups (broad SMARTS) is 1. The fourth-order valence-corrected chi connectivity index (χ4v) is 4.21. The molecular formula is C24H28FN3O2. The number of anilines is 1. The van der Waals surface area contributed by atoms with E-state index in [0.717, 1.165) is 33.9 Å². The molecule has 1 heterocycles. The molecule has 1 aliphatic rings. The van der Waals surface area contributed by atoms with Gasteiger partial charge in [-0.15, -0.1) is 0 Å². The molecule has 6 heteroatoms. The van der Waals surface area contributed by atoms with Crippen LogP contribution >= 0.6 is 0 Å². The molecule has 2 unspecified atom stereocenters. The third-order valence-electron chi connectivity index (χ3n) is 5.49. The van der Waals surface area contributed by atoms with E-state index in [4.69, 9.17) is 16.2 Å². The molecule has 0 spiro atoms. The summed E-state index contributed by atoms with van der Waals surface area (Å²) in [5.41, 5.74) is 9.87. The van der Waals surface area contributed by atoms with E-state index in [1.807, 2.05) is 36.4 Å². The second-order valence-corrected chi connectivity index (χ2v) is 8.47. The van der Waals surface area contributed by atoms with Gasteiger partial charge >= 0.3 is 5.97 Å². The Morgan fingerprint density at radius 3 is 2.53 bits per heavy atom. The topological polar surface area (TPSA) is 90.4 Å². The zero-order valence-corrected chi connectivity index (χ0v) is 17.5. The summed E-state index contributed by atoms with van der Waals surface area (Å²) < 4.78 is 14.7. The summed E-state index contributed by atoms with van der Waals surface area (Å²) in [5, 5.41) is 16.7. The molecule has 0 radical (unpaired) electrons. The van der Waals surface area contributed by atoms with E-state index in [2.05, 4.69) is 11.8 Å². The predicted octanol–water partition coefficient (Wildman–Crippen LogP) is 4.45. The van der Waals surface area contributed by atoms with Crippen molar-refractivity contribution in [2.75, 3.05) is 12.3 Å². The summed E-state index contributed by atoms with van der Waals surface area (Å²) in [6.07, 6.45) is 4.63. The summed E-state index contributed by atoms with van der Waals surface area (Å²) in [5.74, 6) is -0.998. The molecule has 0 saturated carbocycles. The number of carboxylic acids is 1. The first-order valence-electron chi connectivity index (χ1n) is 9.98. The van der Waals surface area contributed by atoms with E-state index in [1.54, 1.807) is 19.9 Å². The van der Waals surface area contributed by atoms with E-state index in [0.29, 0.717) is 12.1 Å². The Morgan fingerprint density at radius 2 is 1.97 bits per heavy atom. The second kappa shape index (κ2) is 8.40. The molecule has 0 fully saturated rings. The van der Waals surface area contributed by atoms with Crippen LogP contribution in [0.15, 0.2) is 42.5 Å². The van der Waals surface area contributed by atoms with Crippen LogP contribution in [0.2, 0.25) is 0 Å². The molecule has 2 atom stereocenters. The van der Waals surface area contributed by atoms with Crippen molar-refractivity contribution in [3.8, 4) is 0 Å². The SMILES string of the molecule is CC1Cc2c(ccc(N)c2C=N)C(c2ccc(/C=C/C(=O)O)cc2)N1CC(C)(C)F. The molecule has 2 aromatic carbocycles. The molecule has 2 aromatic rings. The lowest BCUT2D eigenvalue weighted by Gasteiger charge is -2.44. The van der Waals surface area contributed by atoms with Gasteiger partial charge in [-0.1, -0.05) is 30.3 Å². The maximum atomic E-state index is 14.7. The highest BCUT2D eigenvalue weighted by Crippen LogP contribution is 2.41. The number of halogens is 1. The Balaban J connectivity index is 2.11. The van der Waals surface area contributed by atoms with Gasteiger partial charge < -0.3 is 16.2 Å². The van der Waals surface area contributed by atoms with Gasteiger partial charge in [0.1, 0.15) is 5.67 Å². The average molecular weight is 410 g/mol. The maximum absolute atomic E-state index is 14.7. The van der Waals surface area contributed by atoms with Crippen LogP contribution in [0.25, 0.3) is 6.08 Å². The molecular weight excluding hydrogens is 381 g/mol. The highest BCUT2D eigenvalue weighted by Gasteiger charge is 2.37. The number of nitrogens with two attached hydrogens (primary N) is 1. The number of nitrogens with zero attached hydrogens (tertiary/aromatic N) is 1. The van der Waals surface area contributed by atoms with E-state index in [-0.39, 0.29) is 18.6 Å². The molecule has 0 amide bonds. The number of nitrogens with one attached hydrogen (secondary N) is 1. The van der Waals surface area contributed by atoms with Crippen LogP contribution in [0.5, 0.6) is 0 Å². The first kappa shape index (κ1) is 21.7. The van der Waals surface area contributed by atoms with Crippen molar-refractivity contribution in [1.82, 2.24) is 4.90 Å². The Bertz CT molecular complexity index is 977. The average Bonchev–Trinajstić information content (AvgIpc) is 2.67. The fourth-order valence-electron chi connectivity index (χ4n) is 4.21. The van der Waals surface area contributed by atoms with Crippen LogP contribution in [0, 0.1) is 5.41 Å². The largest absolute Gasteiger partial charge is 0.478 e. The van der Waals surface area contributed by atoms with E-state index < -0.39 is 11.6 Å². The quantitative estimate of drug-likeness (QED) is 0.374. The number of hydrogen-bond donors (Lipinski definition) is 3. The summed E-state index contributed by atoms with van der Waals surface area (Å²) in [7, 11) is 0. The third kappa shape index (κ3) is 4.60. The molecule has 4 N–H and O–H groups in total. The van der Waals surface area contributed by atoms with Crippen LogP contribution in [0.4, 0.5) is 10.1 Å². The van der Waals surface area contributed by atoms with Gasteiger partial charge in [-0.25, -0.2) is 9.18 Å². The lowest BCUT2D eigenvalue weighted by Crippen LogP contribution is -2.48. The zero-order chi connectivity index (χ0) is 22.1. The lowest BCUT2D eigenvalue weighted by atomic mass is 9.81. The number of fused-ring (bicyclic) bond motifs is 1. The molecule has 0 aliphatic carbocycles. The summed E-state index contributed by atoms with van der Waals surface area (Å²) in [4.78, 5) is 12.9. The van der Waals surface area contributed by atoms with Gasteiger partial charge in [-0.05, 0) is 61.6 Å². The molecule has 158 valence electrons. The van der Waals surface area contributed by atoms with E-state index >= 15 is 0 Å². The number of aliphatic carboxylic acids is 1. The van der Waals surface area contributed by atoms with Gasteiger partial charge in [0.05, 0.1) is 6.04 Å². The lowest BCUT2D eigenvalue weighted by molar-refractivity contribution is -0.131. The Kier molecular flexibility index (Phi) is 6.08. The molecule has 30 heavy (non-hydrogen) atoms. The zero-order valence-electron chi connectivity index (χ0n) is 17.5. The van der Waals surface area contributed by atoms with Crippen molar-refractivity contribution in [1.29, 1.82) is 5.41 Å². The minimum absolute atomic E-state index is 0.0598. The van der Waals surface area contributed by atoms with Crippen LogP contribution in [-0.2, 0) is 11.2 Å². The molecule has 1 aliphatic heterocycles. The minimum Gasteiger partial charge on any atom is -0.478 e. The highest BCUT2D eigenvalue weighted by atomic mass is 19.1. The minimum atomic E-state index is -1.37. The van der Waals surface area contributed by atoms with Gasteiger partial charge in [0, 0.05) is 36.1 Å². The Morgan fingerprint density at radius 1 is 1.30 bits per heavy atom. The second-order valence-electron chi connectivity index (χ2n) is 8.47. The highest BCUT2D eigenvalue weighted by molar-refractivity contribution is 5.88. The smallest absolute Gasteiger partial charge is 0.328 e. The van der Waals surface area contributed by atoms with Gasteiger partial charge in [0.2, 0.25) is 0 Å². The van der Waals surface area contributed by atoms with Crippen molar-refractivity contribution in [2.45, 2.75) is 44.9 Å². The molecule has 0 bridgehead atoms. The fraction of sp³-hybridized carbons (Fsp3) is 0.333.